The minimum atomic E-state index is -1.26. The van der Waals surface area contributed by atoms with Crippen molar-refractivity contribution in [3.05, 3.63) is 41.4 Å². The highest BCUT2D eigenvalue weighted by Gasteiger charge is 2.47. The Bertz CT molecular complexity index is 2100. The molecule has 0 amide bonds. The van der Waals surface area contributed by atoms with E-state index in [1.54, 1.807) is 13.3 Å². The molecule has 0 unspecified atom stereocenters. The summed E-state index contributed by atoms with van der Waals surface area (Å²) in [4.78, 5) is 19.6. The number of halogens is 1. The highest BCUT2D eigenvalue weighted by atomic mass is 28.3. The number of anilines is 1. The minimum Gasteiger partial charge on any atom is -0.475 e. The number of aryl methyl sites for hydroxylation is 1. The lowest BCUT2D eigenvalue weighted by Crippen LogP contribution is -2.43. The van der Waals surface area contributed by atoms with Crippen molar-refractivity contribution in [1.82, 2.24) is 29.6 Å². The Balaban J connectivity index is 1.20. The molecule has 5 aliphatic rings. The van der Waals surface area contributed by atoms with Gasteiger partial charge >= 0.3 is 6.01 Å². The number of hydrogen-bond acceptors (Lipinski definition) is 11. The second-order valence-corrected chi connectivity index (χ2v) is 22.7. The average Bonchev–Trinajstić information content (AvgIpc) is 3.72. The fourth-order valence-electron chi connectivity index (χ4n) is 9.32. The lowest BCUT2D eigenvalue weighted by atomic mass is 9.83. The van der Waals surface area contributed by atoms with Gasteiger partial charge in [0.25, 0.3) is 0 Å². The molecule has 0 bridgehead atoms. The monoisotopic (exact) mass is 757 g/mol. The maximum absolute atomic E-state index is 17.8. The largest absolute Gasteiger partial charge is 0.475 e. The van der Waals surface area contributed by atoms with E-state index in [0.717, 1.165) is 86.1 Å². The molecule has 4 aliphatic heterocycles. The maximum atomic E-state index is 17.8. The average molecular weight is 758 g/mol. The summed E-state index contributed by atoms with van der Waals surface area (Å²) >= 11 is 0. The van der Waals surface area contributed by atoms with Gasteiger partial charge in [-0.2, -0.15) is 15.1 Å². The molecule has 3 fully saturated rings. The second kappa shape index (κ2) is 14.1. The van der Waals surface area contributed by atoms with Gasteiger partial charge in [0, 0.05) is 52.4 Å². The van der Waals surface area contributed by atoms with E-state index in [1.807, 2.05) is 4.68 Å². The number of methoxy groups -OCH3 is 1. The van der Waals surface area contributed by atoms with Gasteiger partial charge in [-0.1, -0.05) is 31.8 Å². The Morgan fingerprint density at radius 1 is 1.11 bits per heavy atom. The Hall–Kier alpha value is -3.69. The van der Waals surface area contributed by atoms with Crippen molar-refractivity contribution in [2.75, 3.05) is 64.7 Å². The van der Waals surface area contributed by atoms with Crippen LogP contribution in [-0.4, -0.2) is 109 Å². The van der Waals surface area contributed by atoms with Crippen molar-refractivity contribution in [1.29, 1.82) is 0 Å². The zero-order chi connectivity index (χ0) is 37.2. The van der Waals surface area contributed by atoms with Crippen molar-refractivity contribution >= 4 is 35.7 Å². The summed E-state index contributed by atoms with van der Waals surface area (Å²) in [6.45, 7) is 16.7. The van der Waals surface area contributed by atoms with Crippen LogP contribution in [0.1, 0.15) is 55.8 Å². The van der Waals surface area contributed by atoms with E-state index >= 15 is 4.39 Å². The molecule has 0 saturated carbocycles. The van der Waals surface area contributed by atoms with E-state index in [0.29, 0.717) is 69.0 Å². The normalized spacial score (nSPS) is 24.3. The van der Waals surface area contributed by atoms with Crippen LogP contribution in [0.25, 0.3) is 33.1 Å². The Kier molecular flexibility index (Phi) is 9.40. The van der Waals surface area contributed by atoms with Gasteiger partial charge in [-0.3, -0.25) is 4.90 Å². The lowest BCUT2D eigenvalue weighted by Gasteiger charge is -2.31. The molecule has 288 valence electrons. The first-order valence-electron chi connectivity index (χ1n) is 19.7. The molecule has 54 heavy (non-hydrogen) atoms. The van der Waals surface area contributed by atoms with E-state index in [4.69, 9.17) is 43.7 Å². The molecular weight excluding hydrogens is 706 g/mol. The van der Waals surface area contributed by atoms with Gasteiger partial charge in [0.2, 0.25) is 5.88 Å². The Morgan fingerprint density at radius 3 is 2.85 bits per heavy atom. The van der Waals surface area contributed by atoms with Gasteiger partial charge in [-0.15, -0.1) is 0 Å². The van der Waals surface area contributed by atoms with E-state index in [2.05, 4.69) is 42.1 Å². The standard InChI is InChI=1S/C40H52FN7O5Si/c1-25-18-40(11-7-12-46(40)20-25)23-53-39-44-36-33-37(45-39)47-13-8-14-50-21-27(47)22-52-38(33)43-35(34(36)41)32-28-19-42-48(24-51-15-16-54(3,4)5)29(28)17-26-9-6-10-30(49-2)31(26)32/h17,19,27,30H,1,6-16,18,20-24H2,2-5H3/t27-,30+,40-/m0/s1. The number of aromatic nitrogens is 5. The number of nitrogens with zero attached hydrogens (tertiary/aromatic N) is 7. The molecule has 4 aromatic rings. The molecule has 0 N–H and O–H groups in total. The number of pyridine rings is 1. The molecule has 12 nitrogen and oxygen atoms in total. The molecule has 9 rings (SSSR count). The topological polar surface area (TPSA) is 109 Å². The van der Waals surface area contributed by atoms with Crippen LogP contribution in [-0.2, 0) is 27.4 Å². The predicted molar refractivity (Wildman–Crippen MR) is 208 cm³/mol. The van der Waals surface area contributed by atoms with E-state index in [-0.39, 0.29) is 34.9 Å². The number of hydrogen-bond donors (Lipinski definition) is 0. The van der Waals surface area contributed by atoms with Crippen molar-refractivity contribution in [2.24, 2.45) is 0 Å². The Labute approximate surface area is 317 Å². The summed E-state index contributed by atoms with van der Waals surface area (Å²) in [5.74, 6) is 0.340. The molecule has 7 heterocycles. The van der Waals surface area contributed by atoms with Crippen LogP contribution in [0.4, 0.5) is 10.2 Å². The van der Waals surface area contributed by atoms with Gasteiger partial charge in [0.15, 0.2) is 5.82 Å². The zero-order valence-electron chi connectivity index (χ0n) is 32.1. The molecule has 0 radical (unpaired) electrons. The molecule has 3 atom stereocenters. The van der Waals surface area contributed by atoms with Gasteiger partial charge in [-0.25, -0.2) is 14.1 Å². The van der Waals surface area contributed by atoms with Crippen LogP contribution in [0.5, 0.6) is 11.9 Å². The van der Waals surface area contributed by atoms with Crippen molar-refractivity contribution in [2.45, 2.75) is 95.0 Å². The van der Waals surface area contributed by atoms with Crippen molar-refractivity contribution in [3.63, 3.8) is 0 Å². The van der Waals surface area contributed by atoms with Gasteiger partial charge in [0.05, 0.1) is 36.0 Å². The van der Waals surface area contributed by atoms with E-state index < -0.39 is 13.9 Å². The lowest BCUT2D eigenvalue weighted by molar-refractivity contribution is 0.0816. The molecule has 14 heteroatoms. The smallest absolute Gasteiger partial charge is 0.319 e. The molecule has 1 aromatic carbocycles. The first-order valence-corrected chi connectivity index (χ1v) is 23.4. The quantitative estimate of drug-likeness (QED) is 0.0983. The summed E-state index contributed by atoms with van der Waals surface area (Å²) in [5.41, 5.74) is 4.96. The second-order valence-electron chi connectivity index (χ2n) is 17.1. The first kappa shape index (κ1) is 36.0. The third-order valence-corrected chi connectivity index (χ3v) is 13.8. The summed E-state index contributed by atoms with van der Waals surface area (Å²) in [6, 6.07) is 3.26. The van der Waals surface area contributed by atoms with Crippen molar-refractivity contribution in [3.8, 4) is 23.1 Å². The van der Waals surface area contributed by atoms with Crippen LogP contribution in [0.2, 0.25) is 25.7 Å². The van der Waals surface area contributed by atoms with Crippen LogP contribution >= 0.6 is 0 Å². The fourth-order valence-corrected chi connectivity index (χ4v) is 10.1. The number of benzene rings is 1. The third-order valence-electron chi connectivity index (χ3n) is 12.1. The van der Waals surface area contributed by atoms with Gasteiger partial charge < -0.3 is 28.6 Å². The summed E-state index contributed by atoms with van der Waals surface area (Å²) in [5, 5.41) is 6.02. The van der Waals surface area contributed by atoms with Crippen LogP contribution < -0.4 is 14.4 Å². The van der Waals surface area contributed by atoms with Crippen molar-refractivity contribution < 1.29 is 28.1 Å². The number of fused-ring (bicyclic) bond motifs is 5. The van der Waals surface area contributed by atoms with Gasteiger partial charge in [-0.05, 0) is 74.7 Å². The fraction of sp³-hybridized carbons (Fsp3) is 0.600. The maximum Gasteiger partial charge on any atom is 0.319 e. The molecular formula is C40H52FN7O5Si. The van der Waals surface area contributed by atoms with E-state index in [1.165, 1.54) is 5.57 Å². The van der Waals surface area contributed by atoms with Crippen LogP contribution in [0.3, 0.4) is 0 Å². The summed E-state index contributed by atoms with van der Waals surface area (Å²) in [6.07, 6.45) is 8.01. The first-order chi connectivity index (χ1) is 26.1. The number of rotatable bonds is 10. The van der Waals surface area contributed by atoms with Crippen LogP contribution in [0, 0.1) is 5.82 Å². The van der Waals surface area contributed by atoms with Crippen LogP contribution in [0.15, 0.2) is 24.4 Å². The number of ether oxygens (including phenoxy) is 5. The summed E-state index contributed by atoms with van der Waals surface area (Å²) in [7, 11) is 0.460. The highest BCUT2D eigenvalue weighted by molar-refractivity contribution is 6.76. The van der Waals surface area contributed by atoms with E-state index in [9.17, 15) is 0 Å². The molecule has 0 spiro atoms. The third kappa shape index (κ3) is 6.37. The SMILES string of the molecule is C=C1CN2CCC[C@@]2(COc2nc3c4c(nc(-c5c6c(cc7c5cnn7COCC[Si](C)(C)C)CCC[C@H]6OC)c(F)c4n2)OC[C@@H]2COCCCN32)C1. The molecule has 3 saturated heterocycles. The molecule has 3 aromatic heterocycles. The zero-order valence-corrected chi connectivity index (χ0v) is 33.1. The predicted octanol–water partition coefficient (Wildman–Crippen LogP) is 6.68. The Morgan fingerprint density at radius 2 is 2.00 bits per heavy atom. The van der Waals surface area contributed by atoms with Gasteiger partial charge in [0.1, 0.15) is 42.4 Å². The minimum absolute atomic E-state index is 0.130. The highest BCUT2D eigenvalue weighted by Crippen LogP contribution is 2.47. The summed E-state index contributed by atoms with van der Waals surface area (Å²) < 4.78 is 50.9. The molecule has 1 aliphatic carbocycles.